The molecular weight excluding hydrogens is 465 g/mol. The Kier molecular flexibility index (Phi) is 5.33. The minimum absolute atomic E-state index is 0.0862. The molecule has 0 bridgehead atoms. The molecule has 2 aromatic carbocycles. The molecule has 10 nitrogen and oxygen atoms in total. The first-order chi connectivity index (χ1) is 16.3. The van der Waals surface area contributed by atoms with Crippen molar-refractivity contribution >= 4 is 22.0 Å². The van der Waals surface area contributed by atoms with Crippen molar-refractivity contribution in [1.82, 2.24) is 19.8 Å². The lowest BCUT2D eigenvalue weighted by Gasteiger charge is -2.37. The number of ether oxygens (including phenoxy) is 2. The van der Waals surface area contributed by atoms with Gasteiger partial charge in [-0.25, -0.2) is 13.9 Å². The van der Waals surface area contributed by atoms with Crippen molar-refractivity contribution in [2.75, 3.05) is 11.8 Å². The molecule has 0 saturated heterocycles. The molecule has 1 aliphatic carbocycles. The predicted molar refractivity (Wildman–Crippen MR) is 119 cm³/mol. The molecule has 0 atom stereocenters. The normalized spacial score (nSPS) is 16.1. The molecule has 1 spiro atoms. The third-order valence-corrected chi connectivity index (χ3v) is 6.83. The fourth-order valence-electron chi connectivity index (χ4n) is 3.99. The lowest BCUT2D eigenvalue weighted by molar-refractivity contribution is 0.102. The number of benzene rings is 2. The molecule has 1 aromatic heterocycles. The number of amides is 1. The molecule has 2 N–H and O–H groups in total. The summed E-state index contributed by atoms with van der Waals surface area (Å²) >= 11 is 0. The zero-order valence-corrected chi connectivity index (χ0v) is 18.8. The van der Waals surface area contributed by atoms with Gasteiger partial charge in [-0.1, -0.05) is 12.1 Å². The van der Waals surface area contributed by atoms with Gasteiger partial charge in [0.15, 0.2) is 5.82 Å². The van der Waals surface area contributed by atoms with Crippen molar-refractivity contribution in [3.63, 3.8) is 0 Å². The molecule has 1 saturated carbocycles. The van der Waals surface area contributed by atoms with Crippen molar-refractivity contribution in [2.24, 2.45) is 0 Å². The predicted octanol–water partition coefficient (Wildman–Crippen LogP) is 3.29. The first-order valence-corrected chi connectivity index (χ1v) is 11.9. The Bertz CT molecular complexity index is 1370. The minimum atomic E-state index is -3.90. The summed E-state index contributed by atoms with van der Waals surface area (Å²) in [5, 5.41) is 7.64. The van der Waals surface area contributed by atoms with Gasteiger partial charge in [-0.2, -0.15) is 13.5 Å². The number of carbonyl (C=O) groups is 1. The Morgan fingerprint density at radius 2 is 2.03 bits per heavy atom. The van der Waals surface area contributed by atoms with Crippen LogP contribution in [0.4, 0.5) is 14.9 Å². The van der Waals surface area contributed by atoms with Crippen LogP contribution in [0.2, 0.25) is 0 Å². The first-order valence-electron chi connectivity index (χ1n) is 10.4. The van der Waals surface area contributed by atoms with E-state index in [9.17, 15) is 13.2 Å². The molecular formula is C22H20FN5O5S. The third kappa shape index (κ3) is 4.01. The van der Waals surface area contributed by atoms with Gasteiger partial charge >= 0.3 is 6.09 Å². The largest absolute Gasteiger partial charge is 0.437 e. The molecule has 0 unspecified atom stereocenters. The maximum absolute atomic E-state index is 15.1. The summed E-state index contributed by atoms with van der Waals surface area (Å²) in [6, 6.07) is 12.9. The molecule has 2 heterocycles. The van der Waals surface area contributed by atoms with Crippen LogP contribution in [0.1, 0.15) is 24.0 Å². The molecule has 176 valence electrons. The highest BCUT2D eigenvalue weighted by molar-refractivity contribution is 7.90. The first kappa shape index (κ1) is 22.0. The quantitative estimate of drug-likeness (QED) is 0.526. The van der Waals surface area contributed by atoms with Gasteiger partial charge in [0.25, 0.3) is 10.2 Å². The summed E-state index contributed by atoms with van der Waals surface area (Å²) in [7, 11) is -2.68. The van der Waals surface area contributed by atoms with Gasteiger partial charge in [-0.05, 0) is 37.1 Å². The molecule has 1 fully saturated rings. The van der Waals surface area contributed by atoms with Crippen LogP contribution >= 0.6 is 0 Å². The fourth-order valence-corrected chi connectivity index (χ4v) is 4.54. The van der Waals surface area contributed by atoms with Crippen LogP contribution in [0.15, 0.2) is 54.7 Å². The zero-order chi connectivity index (χ0) is 23.9. The fraction of sp³-hybridized carbons (Fsp3) is 0.227. The maximum Gasteiger partial charge on any atom is 0.416 e. The Balaban J connectivity index is 1.42. The molecule has 5 rings (SSSR count). The topological polar surface area (TPSA) is 123 Å². The lowest BCUT2D eigenvalue weighted by Crippen LogP contribution is -2.45. The number of aromatic nitrogens is 2. The Labute approximate surface area is 194 Å². The van der Waals surface area contributed by atoms with Gasteiger partial charge in [0, 0.05) is 36.5 Å². The van der Waals surface area contributed by atoms with Crippen molar-refractivity contribution < 1.29 is 27.1 Å². The number of hydrogen-bond donors (Lipinski definition) is 2. The second-order valence-corrected chi connectivity index (χ2v) is 9.52. The van der Waals surface area contributed by atoms with E-state index >= 15 is 4.39 Å². The monoisotopic (exact) mass is 485 g/mol. The van der Waals surface area contributed by atoms with Crippen molar-refractivity contribution in [2.45, 2.75) is 24.9 Å². The van der Waals surface area contributed by atoms with Gasteiger partial charge < -0.3 is 9.47 Å². The van der Waals surface area contributed by atoms with Crippen LogP contribution in [0, 0.1) is 5.82 Å². The average molecular weight is 485 g/mol. The molecule has 1 amide bonds. The summed E-state index contributed by atoms with van der Waals surface area (Å²) in [4.78, 5) is 14.4. The molecule has 0 radical (unpaired) electrons. The second kappa shape index (κ2) is 8.22. The van der Waals surface area contributed by atoms with Gasteiger partial charge in [-0.15, -0.1) is 5.10 Å². The number of nitrogens with one attached hydrogen (secondary N) is 2. The third-order valence-electron chi connectivity index (χ3n) is 5.80. The Morgan fingerprint density at radius 3 is 2.74 bits per heavy atom. The van der Waals surface area contributed by atoms with Crippen LogP contribution in [-0.2, 0) is 22.3 Å². The number of fused-ring (bicyclic) bond motifs is 2. The van der Waals surface area contributed by atoms with Crippen LogP contribution in [-0.4, -0.2) is 36.7 Å². The average Bonchev–Trinajstić information content (AvgIpc) is 3.60. The van der Waals surface area contributed by atoms with Crippen molar-refractivity contribution in [1.29, 1.82) is 0 Å². The standard InChI is InChI=1S/C22H20FN5O5S/c1-24-34(30,31)27-17-5-2-4-14(20(17)23)13-28-21(29)33-18-12-15(32-19-6-3-11-25-26-19)7-8-16(18)22(28)9-10-22/h2-8,11-12,24,27H,9-10,13H2,1H3. The Hall–Kier alpha value is -3.77. The highest BCUT2D eigenvalue weighted by Gasteiger charge is 2.56. The molecule has 34 heavy (non-hydrogen) atoms. The number of hydrogen-bond acceptors (Lipinski definition) is 7. The van der Waals surface area contributed by atoms with E-state index in [4.69, 9.17) is 9.47 Å². The lowest BCUT2D eigenvalue weighted by atomic mass is 9.99. The number of nitrogens with zero attached hydrogens (tertiary/aromatic N) is 3. The highest BCUT2D eigenvalue weighted by atomic mass is 32.2. The summed E-state index contributed by atoms with van der Waals surface area (Å²) in [5.74, 6) is 0.350. The molecule has 1 aliphatic heterocycles. The number of carbonyl (C=O) groups excluding carboxylic acids is 1. The van der Waals surface area contributed by atoms with Gasteiger partial charge in [0.2, 0.25) is 5.88 Å². The molecule has 12 heteroatoms. The van der Waals surface area contributed by atoms with Crippen molar-refractivity contribution in [3.05, 3.63) is 71.7 Å². The minimum Gasteiger partial charge on any atom is -0.437 e. The van der Waals surface area contributed by atoms with Crippen LogP contribution in [0.3, 0.4) is 0 Å². The number of rotatable bonds is 7. The van der Waals surface area contributed by atoms with Gasteiger partial charge in [0.1, 0.15) is 11.5 Å². The Morgan fingerprint density at radius 1 is 1.21 bits per heavy atom. The smallest absolute Gasteiger partial charge is 0.416 e. The van der Waals surface area contributed by atoms with E-state index in [0.717, 1.165) is 5.56 Å². The molecule has 2 aliphatic rings. The van der Waals surface area contributed by atoms with E-state index in [2.05, 4.69) is 19.6 Å². The van der Waals surface area contributed by atoms with Crippen molar-refractivity contribution in [3.8, 4) is 17.4 Å². The van der Waals surface area contributed by atoms with E-state index in [1.54, 1.807) is 24.3 Å². The number of anilines is 1. The maximum atomic E-state index is 15.1. The van der Waals surface area contributed by atoms with E-state index in [-0.39, 0.29) is 17.8 Å². The van der Waals surface area contributed by atoms with Gasteiger partial charge in [0.05, 0.1) is 17.8 Å². The van der Waals surface area contributed by atoms with Crippen LogP contribution in [0.5, 0.6) is 17.4 Å². The summed E-state index contributed by atoms with van der Waals surface area (Å²) in [6.45, 7) is -0.0862. The van der Waals surface area contributed by atoms with Gasteiger partial charge in [-0.3, -0.25) is 9.62 Å². The SMILES string of the molecule is CNS(=O)(=O)Nc1cccc(CN2C(=O)Oc3cc(Oc4cccnn4)ccc3C23CC3)c1F. The number of halogens is 1. The summed E-state index contributed by atoms with van der Waals surface area (Å²) in [5.41, 5.74) is 0.118. The second-order valence-electron chi connectivity index (χ2n) is 7.90. The summed E-state index contributed by atoms with van der Waals surface area (Å²) < 4.78 is 54.1. The summed E-state index contributed by atoms with van der Waals surface area (Å²) in [6.07, 6.45) is 2.28. The van der Waals surface area contributed by atoms with E-state index < -0.39 is 27.7 Å². The molecule has 3 aromatic rings. The zero-order valence-electron chi connectivity index (χ0n) is 18.0. The highest BCUT2D eigenvalue weighted by Crippen LogP contribution is 2.57. The van der Waals surface area contributed by atoms with E-state index in [0.29, 0.717) is 30.2 Å². The van der Waals surface area contributed by atoms with E-state index in [1.165, 1.54) is 36.3 Å². The van der Waals surface area contributed by atoms with Crippen LogP contribution < -0.4 is 18.9 Å². The van der Waals surface area contributed by atoms with Crippen LogP contribution in [0.25, 0.3) is 0 Å². The van der Waals surface area contributed by atoms with E-state index in [1.807, 2.05) is 6.07 Å².